The molecule has 0 aliphatic carbocycles. The number of hydrogen-bond acceptors (Lipinski definition) is 6. The van der Waals surface area contributed by atoms with Crippen LogP contribution in [-0.4, -0.2) is 62.0 Å². The molecular weight excluding hydrogens is 336 g/mol. The minimum Gasteiger partial charge on any atom is -0.465 e. The third-order valence-electron chi connectivity index (χ3n) is 4.16. The molecular formula is C14H17F2N7O2. The average Bonchev–Trinajstić information content (AvgIpc) is 2.87. The summed E-state index contributed by atoms with van der Waals surface area (Å²) in [7, 11) is 1.51. The standard InChI is InChI=1S/C14H17F2N7O2/c1-7-9(6-23(20-7)12(15)16)10-3-11(19-13(17)18-10)22-4-8(5-22)21(2)14(24)25/h3,6,8,12H,4-5H2,1-2H3,(H,24,25)(H2,17,18,19). The van der Waals surface area contributed by atoms with Crippen LogP contribution >= 0.6 is 0 Å². The monoisotopic (exact) mass is 353 g/mol. The fraction of sp³-hybridized carbons (Fsp3) is 0.429. The van der Waals surface area contributed by atoms with Gasteiger partial charge in [0.05, 0.1) is 17.4 Å². The molecule has 3 N–H and O–H groups in total. The summed E-state index contributed by atoms with van der Waals surface area (Å²) in [4.78, 5) is 22.3. The molecule has 134 valence electrons. The molecule has 1 fully saturated rings. The number of hydrogen-bond donors (Lipinski definition) is 2. The number of aryl methyl sites for hydroxylation is 1. The van der Waals surface area contributed by atoms with Crippen molar-refractivity contribution >= 4 is 17.9 Å². The number of carbonyl (C=O) groups is 1. The Morgan fingerprint density at radius 3 is 2.68 bits per heavy atom. The maximum atomic E-state index is 12.8. The topological polar surface area (TPSA) is 113 Å². The maximum absolute atomic E-state index is 12.8. The molecule has 11 heteroatoms. The van der Waals surface area contributed by atoms with Gasteiger partial charge in [0.25, 0.3) is 0 Å². The van der Waals surface area contributed by atoms with Crippen LogP contribution in [0.4, 0.5) is 25.3 Å². The van der Waals surface area contributed by atoms with Crippen molar-refractivity contribution in [3.05, 3.63) is 18.0 Å². The summed E-state index contributed by atoms with van der Waals surface area (Å²) in [5.41, 5.74) is 6.97. The summed E-state index contributed by atoms with van der Waals surface area (Å²) in [6, 6.07) is 1.49. The molecule has 0 aromatic carbocycles. The SMILES string of the molecule is Cc1nn(C(F)F)cc1-c1cc(N2CC(N(C)C(=O)O)C2)nc(N)n1. The Hall–Kier alpha value is -2.98. The molecule has 9 nitrogen and oxygen atoms in total. The fourth-order valence-electron chi connectivity index (χ4n) is 2.63. The Morgan fingerprint density at radius 1 is 1.44 bits per heavy atom. The molecule has 3 heterocycles. The summed E-state index contributed by atoms with van der Waals surface area (Å²) in [6.45, 7) is -0.205. The van der Waals surface area contributed by atoms with Crippen LogP contribution in [0, 0.1) is 6.92 Å². The highest BCUT2D eigenvalue weighted by molar-refractivity contribution is 5.68. The molecule has 0 saturated carbocycles. The lowest BCUT2D eigenvalue weighted by molar-refractivity contribution is 0.0563. The number of alkyl halides is 2. The molecule has 0 bridgehead atoms. The van der Waals surface area contributed by atoms with Gasteiger partial charge in [0, 0.05) is 38.0 Å². The van der Waals surface area contributed by atoms with Gasteiger partial charge in [-0.1, -0.05) is 0 Å². The number of likely N-dealkylation sites (N-methyl/N-ethyl adjacent to an activating group) is 1. The smallest absolute Gasteiger partial charge is 0.407 e. The molecule has 1 aliphatic rings. The van der Waals surface area contributed by atoms with Crippen molar-refractivity contribution in [2.24, 2.45) is 0 Å². The third kappa shape index (κ3) is 3.16. The van der Waals surface area contributed by atoms with Crippen molar-refractivity contribution < 1.29 is 18.7 Å². The van der Waals surface area contributed by atoms with Crippen LogP contribution in [0.25, 0.3) is 11.3 Å². The Morgan fingerprint density at radius 2 is 2.12 bits per heavy atom. The minimum atomic E-state index is -2.74. The Labute approximate surface area is 141 Å². The zero-order chi connectivity index (χ0) is 18.3. The van der Waals surface area contributed by atoms with E-state index in [1.807, 2.05) is 4.90 Å². The number of aromatic nitrogens is 4. The van der Waals surface area contributed by atoms with E-state index in [2.05, 4.69) is 15.1 Å². The van der Waals surface area contributed by atoms with E-state index in [0.717, 1.165) is 0 Å². The van der Waals surface area contributed by atoms with Gasteiger partial charge < -0.3 is 20.6 Å². The highest BCUT2D eigenvalue weighted by Crippen LogP contribution is 2.29. The summed E-state index contributed by atoms with van der Waals surface area (Å²) in [5.74, 6) is 0.522. The van der Waals surface area contributed by atoms with E-state index in [1.54, 1.807) is 13.0 Å². The molecule has 0 unspecified atom stereocenters. The first-order valence-corrected chi connectivity index (χ1v) is 7.45. The van der Waals surface area contributed by atoms with Crippen LogP contribution in [0.2, 0.25) is 0 Å². The van der Waals surface area contributed by atoms with E-state index in [1.165, 1.54) is 18.1 Å². The van der Waals surface area contributed by atoms with Crippen molar-refractivity contribution in [2.45, 2.75) is 19.5 Å². The van der Waals surface area contributed by atoms with Gasteiger partial charge >= 0.3 is 12.6 Å². The molecule has 2 aromatic heterocycles. The highest BCUT2D eigenvalue weighted by atomic mass is 19.3. The summed E-state index contributed by atoms with van der Waals surface area (Å²) < 4.78 is 26.1. The van der Waals surface area contributed by atoms with Gasteiger partial charge in [-0.15, -0.1) is 0 Å². The molecule has 0 radical (unpaired) electrons. The summed E-state index contributed by atoms with van der Waals surface area (Å²) >= 11 is 0. The van der Waals surface area contributed by atoms with Crippen molar-refractivity contribution in [2.75, 3.05) is 30.8 Å². The largest absolute Gasteiger partial charge is 0.465 e. The maximum Gasteiger partial charge on any atom is 0.407 e. The fourth-order valence-corrected chi connectivity index (χ4v) is 2.63. The number of anilines is 2. The third-order valence-corrected chi connectivity index (χ3v) is 4.16. The van der Waals surface area contributed by atoms with E-state index >= 15 is 0 Å². The predicted molar refractivity (Wildman–Crippen MR) is 85.4 cm³/mol. The lowest BCUT2D eigenvalue weighted by Crippen LogP contribution is -2.59. The molecule has 1 aliphatic heterocycles. The molecule has 0 atom stereocenters. The Bertz CT molecular complexity index is 804. The number of rotatable bonds is 4. The van der Waals surface area contributed by atoms with Crippen molar-refractivity contribution in [1.29, 1.82) is 0 Å². The predicted octanol–water partition coefficient (Wildman–Crippen LogP) is 1.42. The number of nitrogen functional groups attached to an aromatic ring is 1. The number of amides is 1. The molecule has 25 heavy (non-hydrogen) atoms. The lowest BCUT2D eigenvalue weighted by atomic mass is 10.1. The second-order valence-corrected chi connectivity index (χ2v) is 5.81. The second-order valence-electron chi connectivity index (χ2n) is 5.81. The number of halogens is 2. The Kier molecular flexibility index (Phi) is 4.15. The van der Waals surface area contributed by atoms with Crippen LogP contribution < -0.4 is 10.6 Å². The first kappa shape index (κ1) is 16.9. The van der Waals surface area contributed by atoms with Gasteiger partial charge in [0.15, 0.2) is 0 Å². The normalized spacial score (nSPS) is 14.7. The van der Waals surface area contributed by atoms with Crippen LogP contribution in [0.1, 0.15) is 12.2 Å². The Balaban J connectivity index is 1.84. The molecule has 3 rings (SSSR count). The van der Waals surface area contributed by atoms with E-state index < -0.39 is 12.6 Å². The first-order valence-electron chi connectivity index (χ1n) is 7.45. The summed E-state index contributed by atoms with van der Waals surface area (Å²) in [5, 5.41) is 12.7. The van der Waals surface area contributed by atoms with Gasteiger partial charge in [-0.05, 0) is 6.92 Å². The van der Waals surface area contributed by atoms with Crippen LogP contribution in [0.3, 0.4) is 0 Å². The zero-order valence-electron chi connectivity index (χ0n) is 13.6. The summed E-state index contributed by atoms with van der Waals surface area (Å²) in [6.07, 6.45) is 0.213. The van der Waals surface area contributed by atoms with Crippen molar-refractivity contribution in [1.82, 2.24) is 24.6 Å². The quantitative estimate of drug-likeness (QED) is 0.854. The molecule has 1 amide bonds. The average molecular weight is 353 g/mol. The molecule has 2 aromatic rings. The van der Waals surface area contributed by atoms with E-state index in [0.29, 0.717) is 40.5 Å². The second kappa shape index (κ2) is 6.15. The van der Waals surface area contributed by atoms with Crippen LogP contribution in [0.5, 0.6) is 0 Å². The first-order chi connectivity index (χ1) is 11.8. The van der Waals surface area contributed by atoms with Crippen molar-refractivity contribution in [3.8, 4) is 11.3 Å². The van der Waals surface area contributed by atoms with Crippen LogP contribution in [0.15, 0.2) is 12.3 Å². The number of carboxylic acid groups (broad SMARTS) is 1. The highest BCUT2D eigenvalue weighted by Gasteiger charge is 2.33. The van der Waals surface area contributed by atoms with Crippen LogP contribution in [-0.2, 0) is 0 Å². The minimum absolute atomic E-state index is 0.00624. The number of nitrogens with zero attached hydrogens (tertiary/aromatic N) is 6. The van der Waals surface area contributed by atoms with E-state index in [-0.39, 0.29) is 12.0 Å². The molecule has 1 saturated heterocycles. The molecule has 0 spiro atoms. The van der Waals surface area contributed by atoms with Gasteiger partial charge in [0.2, 0.25) is 5.95 Å². The van der Waals surface area contributed by atoms with Crippen molar-refractivity contribution in [3.63, 3.8) is 0 Å². The van der Waals surface area contributed by atoms with E-state index in [9.17, 15) is 13.6 Å². The van der Waals surface area contributed by atoms with Gasteiger partial charge in [-0.25, -0.2) is 14.5 Å². The van der Waals surface area contributed by atoms with Gasteiger partial charge in [-0.3, -0.25) is 0 Å². The van der Waals surface area contributed by atoms with Gasteiger partial charge in [0.1, 0.15) is 5.82 Å². The zero-order valence-corrected chi connectivity index (χ0v) is 13.6. The van der Waals surface area contributed by atoms with Gasteiger partial charge in [-0.2, -0.15) is 18.9 Å². The van der Waals surface area contributed by atoms with E-state index in [4.69, 9.17) is 10.8 Å². The lowest BCUT2D eigenvalue weighted by Gasteiger charge is -2.43. The number of nitrogens with two attached hydrogens (primary N) is 1.